The first-order valence-electron chi connectivity index (χ1n) is 6.54. The zero-order valence-electron chi connectivity index (χ0n) is 12.6. The maximum atomic E-state index is 12.6. The summed E-state index contributed by atoms with van der Waals surface area (Å²) < 4.78 is 27.7. The van der Waals surface area contributed by atoms with E-state index in [2.05, 4.69) is 9.71 Å². The van der Waals surface area contributed by atoms with E-state index in [4.69, 9.17) is 5.73 Å². The molecule has 0 fully saturated rings. The van der Waals surface area contributed by atoms with Crippen molar-refractivity contribution in [1.29, 1.82) is 0 Å². The molecule has 0 aliphatic heterocycles. The minimum absolute atomic E-state index is 0.194. The molecule has 112 valence electrons. The van der Waals surface area contributed by atoms with Crippen molar-refractivity contribution in [2.24, 2.45) is 0 Å². The van der Waals surface area contributed by atoms with Crippen LogP contribution >= 0.6 is 0 Å². The van der Waals surface area contributed by atoms with Gasteiger partial charge in [0, 0.05) is 11.4 Å². The van der Waals surface area contributed by atoms with E-state index < -0.39 is 10.0 Å². The van der Waals surface area contributed by atoms with Crippen LogP contribution < -0.4 is 10.5 Å². The summed E-state index contributed by atoms with van der Waals surface area (Å²) in [6.45, 7) is 7.14. The molecule has 0 amide bonds. The second kappa shape index (κ2) is 5.37. The van der Waals surface area contributed by atoms with E-state index in [0.29, 0.717) is 22.6 Å². The van der Waals surface area contributed by atoms with Crippen LogP contribution in [0.3, 0.4) is 0 Å². The third-order valence-electron chi connectivity index (χ3n) is 3.30. The van der Waals surface area contributed by atoms with Crippen LogP contribution in [-0.2, 0) is 10.0 Å². The monoisotopic (exact) mass is 305 g/mol. The average molecular weight is 305 g/mol. The summed E-state index contributed by atoms with van der Waals surface area (Å²) >= 11 is 0. The standard InChI is InChI=1S/C15H19N3O2S/c1-9-7-13(16)11(3)15(8-9)21(19,20)18-14-6-5-10(2)17-12(14)4/h5-8,18H,16H2,1-4H3. The Hall–Kier alpha value is -2.08. The van der Waals surface area contributed by atoms with E-state index in [1.54, 1.807) is 38.1 Å². The Kier molecular flexibility index (Phi) is 3.91. The first-order chi connectivity index (χ1) is 9.70. The second-order valence-electron chi connectivity index (χ2n) is 5.17. The summed E-state index contributed by atoms with van der Waals surface area (Å²) in [7, 11) is -3.69. The SMILES string of the molecule is Cc1cc(N)c(C)c(S(=O)(=O)Nc2ccc(C)nc2C)c1. The molecule has 0 aliphatic carbocycles. The van der Waals surface area contributed by atoms with Gasteiger partial charge in [-0.25, -0.2) is 8.42 Å². The van der Waals surface area contributed by atoms with Crippen LogP contribution in [-0.4, -0.2) is 13.4 Å². The third-order valence-corrected chi connectivity index (χ3v) is 4.80. The summed E-state index contributed by atoms with van der Waals surface area (Å²) in [5, 5.41) is 0. The number of hydrogen-bond acceptors (Lipinski definition) is 4. The minimum atomic E-state index is -3.69. The molecular formula is C15H19N3O2S. The predicted molar refractivity (Wildman–Crippen MR) is 84.8 cm³/mol. The number of nitrogens with zero attached hydrogens (tertiary/aromatic N) is 1. The molecule has 5 nitrogen and oxygen atoms in total. The highest BCUT2D eigenvalue weighted by molar-refractivity contribution is 7.92. The van der Waals surface area contributed by atoms with Crippen molar-refractivity contribution in [2.45, 2.75) is 32.6 Å². The quantitative estimate of drug-likeness (QED) is 0.854. The Morgan fingerprint density at radius 2 is 1.76 bits per heavy atom. The highest BCUT2D eigenvalue weighted by Gasteiger charge is 2.20. The van der Waals surface area contributed by atoms with Gasteiger partial charge in [-0.1, -0.05) is 0 Å². The number of benzene rings is 1. The van der Waals surface area contributed by atoms with Crippen LogP contribution in [0.25, 0.3) is 0 Å². The van der Waals surface area contributed by atoms with Gasteiger partial charge in [0.15, 0.2) is 0 Å². The van der Waals surface area contributed by atoms with Crippen LogP contribution in [0, 0.1) is 27.7 Å². The Bertz CT molecular complexity index is 799. The molecule has 0 atom stereocenters. The van der Waals surface area contributed by atoms with Gasteiger partial charge in [0.05, 0.1) is 16.3 Å². The molecule has 3 N–H and O–H groups in total. The van der Waals surface area contributed by atoms with Crippen molar-refractivity contribution >= 4 is 21.4 Å². The summed E-state index contributed by atoms with van der Waals surface area (Å²) in [6.07, 6.45) is 0. The van der Waals surface area contributed by atoms with Crippen molar-refractivity contribution in [3.63, 3.8) is 0 Å². The summed E-state index contributed by atoms with van der Waals surface area (Å²) in [5.74, 6) is 0. The van der Waals surface area contributed by atoms with E-state index in [1.165, 1.54) is 0 Å². The fraction of sp³-hybridized carbons (Fsp3) is 0.267. The van der Waals surface area contributed by atoms with Gasteiger partial charge in [0.2, 0.25) is 0 Å². The molecule has 0 bridgehead atoms. The number of pyridine rings is 1. The van der Waals surface area contributed by atoms with Gasteiger partial charge in [-0.05, 0) is 63.1 Å². The van der Waals surface area contributed by atoms with Crippen LogP contribution in [0.15, 0.2) is 29.2 Å². The number of nitrogen functional groups attached to an aromatic ring is 1. The highest BCUT2D eigenvalue weighted by atomic mass is 32.2. The summed E-state index contributed by atoms with van der Waals surface area (Å²) in [5.41, 5.74) is 9.62. The number of aryl methyl sites for hydroxylation is 3. The Balaban J connectivity index is 2.48. The lowest BCUT2D eigenvalue weighted by atomic mass is 10.1. The smallest absolute Gasteiger partial charge is 0.262 e. The molecule has 0 saturated heterocycles. The van der Waals surface area contributed by atoms with Gasteiger partial charge in [-0.3, -0.25) is 9.71 Å². The summed E-state index contributed by atoms with van der Waals surface area (Å²) in [4.78, 5) is 4.45. The number of anilines is 2. The van der Waals surface area contributed by atoms with Gasteiger partial charge in [-0.15, -0.1) is 0 Å². The lowest BCUT2D eigenvalue weighted by molar-refractivity contribution is 0.600. The van der Waals surface area contributed by atoms with E-state index in [0.717, 1.165) is 11.3 Å². The molecule has 0 spiro atoms. The van der Waals surface area contributed by atoms with Crippen molar-refractivity contribution in [1.82, 2.24) is 4.98 Å². The zero-order chi connectivity index (χ0) is 15.8. The van der Waals surface area contributed by atoms with Gasteiger partial charge in [-0.2, -0.15) is 0 Å². The molecule has 1 aromatic carbocycles. The normalized spacial score (nSPS) is 11.4. The molecule has 2 rings (SSSR count). The number of nitrogens with two attached hydrogens (primary N) is 1. The Morgan fingerprint density at radius 1 is 1.10 bits per heavy atom. The molecule has 0 aliphatic rings. The van der Waals surface area contributed by atoms with E-state index in [9.17, 15) is 8.42 Å². The van der Waals surface area contributed by atoms with Crippen molar-refractivity contribution in [3.05, 3.63) is 46.8 Å². The lowest BCUT2D eigenvalue weighted by Crippen LogP contribution is -2.16. The molecule has 0 unspecified atom stereocenters. The van der Waals surface area contributed by atoms with E-state index >= 15 is 0 Å². The Morgan fingerprint density at radius 3 is 2.38 bits per heavy atom. The highest BCUT2D eigenvalue weighted by Crippen LogP contribution is 2.25. The second-order valence-corrected chi connectivity index (χ2v) is 6.82. The van der Waals surface area contributed by atoms with Crippen LogP contribution in [0.5, 0.6) is 0 Å². The number of rotatable bonds is 3. The van der Waals surface area contributed by atoms with Crippen molar-refractivity contribution in [3.8, 4) is 0 Å². The van der Waals surface area contributed by atoms with E-state index in [1.807, 2.05) is 13.8 Å². The van der Waals surface area contributed by atoms with Crippen LogP contribution in [0.1, 0.15) is 22.5 Å². The van der Waals surface area contributed by atoms with Gasteiger partial charge in [0.25, 0.3) is 10.0 Å². The molecule has 2 aromatic rings. The molecule has 0 radical (unpaired) electrons. The summed E-state index contributed by atoms with van der Waals surface area (Å²) in [6, 6.07) is 6.85. The van der Waals surface area contributed by atoms with E-state index in [-0.39, 0.29) is 4.90 Å². The maximum Gasteiger partial charge on any atom is 0.262 e. The molecular weight excluding hydrogens is 286 g/mol. The zero-order valence-corrected chi connectivity index (χ0v) is 13.4. The minimum Gasteiger partial charge on any atom is -0.398 e. The number of hydrogen-bond donors (Lipinski definition) is 2. The molecule has 1 aromatic heterocycles. The fourth-order valence-electron chi connectivity index (χ4n) is 2.13. The number of nitrogens with one attached hydrogen (secondary N) is 1. The fourth-order valence-corrected chi connectivity index (χ4v) is 3.60. The number of aromatic nitrogens is 1. The Labute approximate surface area is 125 Å². The first kappa shape index (κ1) is 15.3. The van der Waals surface area contributed by atoms with Gasteiger partial charge < -0.3 is 5.73 Å². The first-order valence-corrected chi connectivity index (χ1v) is 8.03. The van der Waals surface area contributed by atoms with Crippen LogP contribution in [0.2, 0.25) is 0 Å². The predicted octanol–water partition coefficient (Wildman–Crippen LogP) is 2.70. The van der Waals surface area contributed by atoms with Crippen molar-refractivity contribution < 1.29 is 8.42 Å². The topological polar surface area (TPSA) is 85.1 Å². The molecule has 1 heterocycles. The molecule has 0 saturated carbocycles. The largest absolute Gasteiger partial charge is 0.398 e. The lowest BCUT2D eigenvalue weighted by Gasteiger charge is -2.14. The van der Waals surface area contributed by atoms with Crippen molar-refractivity contribution in [2.75, 3.05) is 10.5 Å². The van der Waals surface area contributed by atoms with Gasteiger partial charge in [0.1, 0.15) is 0 Å². The van der Waals surface area contributed by atoms with Crippen LogP contribution in [0.4, 0.5) is 11.4 Å². The maximum absolute atomic E-state index is 12.6. The number of sulfonamides is 1. The van der Waals surface area contributed by atoms with Gasteiger partial charge >= 0.3 is 0 Å². The average Bonchev–Trinajstić information content (AvgIpc) is 2.37. The third kappa shape index (κ3) is 3.16. The molecule has 21 heavy (non-hydrogen) atoms. The molecule has 6 heteroatoms.